The van der Waals surface area contributed by atoms with Crippen LogP contribution < -0.4 is 5.32 Å². The topological polar surface area (TPSA) is 50.7 Å². The fourth-order valence-electron chi connectivity index (χ4n) is 1.37. The Morgan fingerprint density at radius 1 is 1.29 bits per heavy atom. The second-order valence-corrected chi connectivity index (χ2v) is 4.23. The molecule has 4 nitrogen and oxygen atoms in total. The molecule has 0 aliphatic heterocycles. The first-order chi connectivity index (χ1) is 8.20. The summed E-state index contributed by atoms with van der Waals surface area (Å²) in [6.07, 6.45) is 3.21. The number of nitrogens with zero attached hydrogens (tertiary/aromatic N) is 3. The Labute approximate surface area is 109 Å². The zero-order valence-electron chi connectivity index (χ0n) is 9.11. The van der Waals surface area contributed by atoms with Gasteiger partial charge in [0.15, 0.2) is 5.82 Å². The van der Waals surface area contributed by atoms with Crippen LogP contribution in [0.4, 0.5) is 0 Å². The lowest BCUT2D eigenvalue weighted by Crippen LogP contribution is -2.08. The van der Waals surface area contributed by atoms with Gasteiger partial charge in [-0.3, -0.25) is 0 Å². The van der Waals surface area contributed by atoms with Crippen molar-refractivity contribution in [2.75, 3.05) is 7.05 Å². The molecule has 2 heterocycles. The van der Waals surface area contributed by atoms with Crippen LogP contribution in [0.25, 0.3) is 11.5 Å². The molecule has 0 fully saturated rings. The van der Waals surface area contributed by atoms with Gasteiger partial charge < -0.3 is 5.32 Å². The summed E-state index contributed by atoms with van der Waals surface area (Å²) in [5, 5.41) is 3.96. The SMILES string of the molecule is CNCc1ccnc(-c2ncc(Cl)cc2Cl)n1. The van der Waals surface area contributed by atoms with Crippen molar-refractivity contribution >= 4 is 23.2 Å². The highest BCUT2D eigenvalue weighted by atomic mass is 35.5. The predicted octanol–water partition coefficient (Wildman–Crippen LogP) is 2.56. The van der Waals surface area contributed by atoms with E-state index in [2.05, 4.69) is 20.3 Å². The van der Waals surface area contributed by atoms with E-state index in [-0.39, 0.29) is 0 Å². The van der Waals surface area contributed by atoms with Gasteiger partial charge in [-0.1, -0.05) is 23.2 Å². The fourth-order valence-corrected chi connectivity index (χ4v) is 1.83. The zero-order chi connectivity index (χ0) is 12.3. The summed E-state index contributed by atoms with van der Waals surface area (Å²) in [6.45, 7) is 0.667. The first-order valence-electron chi connectivity index (χ1n) is 4.98. The van der Waals surface area contributed by atoms with E-state index >= 15 is 0 Å². The predicted molar refractivity (Wildman–Crippen MR) is 68.0 cm³/mol. The molecule has 2 aromatic rings. The van der Waals surface area contributed by atoms with Gasteiger partial charge in [0.25, 0.3) is 0 Å². The molecule has 0 bridgehead atoms. The van der Waals surface area contributed by atoms with Gasteiger partial charge >= 0.3 is 0 Å². The van der Waals surface area contributed by atoms with Gasteiger partial charge in [-0.2, -0.15) is 0 Å². The molecule has 0 spiro atoms. The van der Waals surface area contributed by atoms with Gasteiger partial charge in [0.05, 0.1) is 15.7 Å². The summed E-state index contributed by atoms with van der Waals surface area (Å²) < 4.78 is 0. The van der Waals surface area contributed by atoms with Crippen LogP contribution in [0.3, 0.4) is 0 Å². The van der Waals surface area contributed by atoms with Crippen LogP contribution in [0.1, 0.15) is 5.69 Å². The molecule has 0 amide bonds. The van der Waals surface area contributed by atoms with E-state index in [9.17, 15) is 0 Å². The second-order valence-electron chi connectivity index (χ2n) is 3.39. The van der Waals surface area contributed by atoms with Crippen LogP contribution in [0.2, 0.25) is 10.0 Å². The third-order valence-corrected chi connectivity index (χ3v) is 2.59. The first-order valence-corrected chi connectivity index (χ1v) is 5.74. The Kier molecular flexibility index (Phi) is 3.89. The first kappa shape index (κ1) is 12.2. The standard InChI is InChI=1S/C11H10Cl2N4/c1-14-6-8-2-3-15-11(17-8)10-9(13)4-7(12)5-16-10/h2-5,14H,6H2,1H3. The van der Waals surface area contributed by atoms with Gasteiger partial charge in [0.1, 0.15) is 5.69 Å². The molecule has 6 heteroatoms. The molecule has 2 aromatic heterocycles. The molecule has 0 atom stereocenters. The molecular weight excluding hydrogens is 259 g/mol. The monoisotopic (exact) mass is 268 g/mol. The van der Waals surface area contributed by atoms with Gasteiger partial charge in [-0.15, -0.1) is 0 Å². The molecule has 0 aliphatic carbocycles. The maximum atomic E-state index is 6.05. The van der Waals surface area contributed by atoms with E-state index in [0.29, 0.717) is 28.1 Å². The quantitative estimate of drug-likeness (QED) is 0.930. The fraction of sp³-hybridized carbons (Fsp3) is 0.182. The minimum Gasteiger partial charge on any atom is -0.314 e. The number of rotatable bonds is 3. The molecular formula is C11H10Cl2N4. The number of aromatic nitrogens is 3. The van der Waals surface area contributed by atoms with Crippen molar-refractivity contribution in [2.24, 2.45) is 0 Å². The molecule has 0 saturated carbocycles. The van der Waals surface area contributed by atoms with Gasteiger partial charge in [0.2, 0.25) is 0 Å². The molecule has 0 saturated heterocycles. The van der Waals surface area contributed by atoms with E-state index in [4.69, 9.17) is 23.2 Å². The van der Waals surface area contributed by atoms with Gasteiger partial charge in [-0.25, -0.2) is 15.0 Å². The molecule has 1 N–H and O–H groups in total. The Balaban J connectivity index is 2.42. The third kappa shape index (κ3) is 2.91. The van der Waals surface area contributed by atoms with Crippen LogP contribution in [0, 0.1) is 0 Å². The summed E-state index contributed by atoms with van der Waals surface area (Å²) in [6, 6.07) is 3.46. The highest BCUT2D eigenvalue weighted by Gasteiger charge is 2.09. The van der Waals surface area contributed by atoms with E-state index in [1.165, 1.54) is 6.20 Å². The van der Waals surface area contributed by atoms with Crippen molar-refractivity contribution in [3.8, 4) is 11.5 Å². The average molecular weight is 269 g/mol. The number of halogens is 2. The summed E-state index contributed by atoms with van der Waals surface area (Å²) in [7, 11) is 1.86. The molecule has 0 unspecified atom stereocenters. The van der Waals surface area contributed by atoms with Crippen LogP contribution >= 0.6 is 23.2 Å². The molecule has 2 rings (SSSR count). The van der Waals surface area contributed by atoms with Gasteiger partial charge in [-0.05, 0) is 19.2 Å². The smallest absolute Gasteiger partial charge is 0.179 e. The molecule has 88 valence electrons. The lowest BCUT2D eigenvalue weighted by atomic mass is 10.3. The van der Waals surface area contributed by atoms with Crippen LogP contribution in [-0.2, 0) is 6.54 Å². The number of hydrogen-bond donors (Lipinski definition) is 1. The normalized spacial score (nSPS) is 10.5. The van der Waals surface area contributed by atoms with E-state index in [1.807, 2.05) is 13.1 Å². The molecule has 0 radical (unpaired) electrons. The van der Waals surface area contributed by atoms with E-state index < -0.39 is 0 Å². The summed E-state index contributed by atoms with van der Waals surface area (Å²) in [5.41, 5.74) is 1.42. The van der Waals surface area contributed by atoms with E-state index in [1.54, 1.807) is 12.3 Å². The Morgan fingerprint density at radius 3 is 2.82 bits per heavy atom. The van der Waals surface area contributed by atoms with Crippen LogP contribution in [0.15, 0.2) is 24.5 Å². The molecule has 0 aliphatic rings. The van der Waals surface area contributed by atoms with Crippen molar-refractivity contribution in [1.82, 2.24) is 20.3 Å². The largest absolute Gasteiger partial charge is 0.314 e. The average Bonchev–Trinajstić information content (AvgIpc) is 2.29. The number of hydrogen-bond acceptors (Lipinski definition) is 4. The van der Waals surface area contributed by atoms with E-state index in [0.717, 1.165) is 5.69 Å². The summed E-state index contributed by atoms with van der Waals surface area (Å²) >= 11 is 11.8. The van der Waals surface area contributed by atoms with Crippen molar-refractivity contribution in [3.63, 3.8) is 0 Å². The minimum absolute atomic E-state index is 0.444. The van der Waals surface area contributed by atoms with Crippen molar-refractivity contribution < 1.29 is 0 Å². The molecule has 17 heavy (non-hydrogen) atoms. The minimum atomic E-state index is 0.444. The van der Waals surface area contributed by atoms with Crippen LogP contribution in [-0.4, -0.2) is 22.0 Å². The third-order valence-electron chi connectivity index (χ3n) is 2.09. The highest BCUT2D eigenvalue weighted by molar-refractivity contribution is 6.35. The highest BCUT2D eigenvalue weighted by Crippen LogP contribution is 2.25. The maximum Gasteiger partial charge on any atom is 0.179 e. The maximum absolute atomic E-state index is 6.05. The zero-order valence-corrected chi connectivity index (χ0v) is 10.6. The Morgan fingerprint density at radius 2 is 2.12 bits per heavy atom. The molecule has 0 aromatic carbocycles. The van der Waals surface area contributed by atoms with Crippen LogP contribution in [0.5, 0.6) is 0 Å². The lowest BCUT2D eigenvalue weighted by Gasteiger charge is -2.04. The Hall–Kier alpha value is -1.23. The number of nitrogens with one attached hydrogen (secondary N) is 1. The Bertz CT molecular complexity index is 531. The van der Waals surface area contributed by atoms with Crippen molar-refractivity contribution in [2.45, 2.75) is 6.54 Å². The second kappa shape index (κ2) is 5.40. The summed E-state index contributed by atoms with van der Waals surface area (Å²) in [5.74, 6) is 0.499. The summed E-state index contributed by atoms with van der Waals surface area (Å²) in [4.78, 5) is 12.7. The number of pyridine rings is 1. The lowest BCUT2D eigenvalue weighted by molar-refractivity contribution is 0.787. The van der Waals surface area contributed by atoms with Crippen molar-refractivity contribution in [1.29, 1.82) is 0 Å². The van der Waals surface area contributed by atoms with Gasteiger partial charge in [0, 0.05) is 18.9 Å². The van der Waals surface area contributed by atoms with Crippen molar-refractivity contribution in [3.05, 3.63) is 40.3 Å².